The number of rotatable bonds is 8. The van der Waals surface area contributed by atoms with Gasteiger partial charge < -0.3 is 0 Å². The Balaban J connectivity index is 1.71. The minimum atomic E-state index is -3.78. The molecule has 0 bridgehead atoms. The Morgan fingerprint density at radius 2 is 1.87 bits per heavy atom. The zero-order valence-corrected chi connectivity index (χ0v) is 20.4. The first-order valence-electron chi connectivity index (χ1n) is 8.90. The van der Waals surface area contributed by atoms with Gasteiger partial charge in [0.05, 0.1) is 22.0 Å². The molecule has 0 radical (unpaired) electrons. The largest absolute Gasteiger partial charge is 0.299 e. The lowest BCUT2D eigenvalue weighted by molar-refractivity contribution is -0.116. The van der Waals surface area contributed by atoms with E-state index in [0.717, 1.165) is 21.9 Å². The van der Waals surface area contributed by atoms with Gasteiger partial charge in [0.1, 0.15) is 6.04 Å². The molecule has 3 rings (SSSR count). The van der Waals surface area contributed by atoms with E-state index >= 15 is 0 Å². The molecule has 0 spiro atoms. The molecular weight excluding hydrogens is 499 g/mol. The molecule has 0 aliphatic rings. The van der Waals surface area contributed by atoms with Gasteiger partial charge in [0.15, 0.2) is 4.34 Å². The summed E-state index contributed by atoms with van der Waals surface area (Å²) < 4.78 is 26.5. The van der Waals surface area contributed by atoms with E-state index in [2.05, 4.69) is 15.5 Å². The number of carbonyl (C=O) groups is 1. The molecule has 7 nitrogen and oxygen atoms in total. The maximum atomic E-state index is 12.8. The average Bonchev–Trinajstić information content (AvgIpc) is 3.16. The van der Waals surface area contributed by atoms with Gasteiger partial charge >= 0.3 is 0 Å². The molecule has 31 heavy (non-hydrogen) atoms. The molecule has 0 aliphatic carbocycles. The van der Waals surface area contributed by atoms with Crippen molar-refractivity contribution in [2.75, 3.05) is 15.9 Å². The number of hydrogen-bond acceptors (Lipinski definition) is 7. The van der Waals surface area contributed by atoms with Crippen LogP contribution in [0.2, 0.25) is 10.0 Å². The van der Waals surface area contributed by atoms with Crippen LogP contribution in [0.3, 0.4) is 0 Å². The summed E-state index contributed by atoms with van der Waals surface area (Å²) in [6.45, 7) is 1.48. The lowest BCUT2D eigenvalue weighted by atomic mass is 10.2. The van der Waals surface area contributed by atoms with E-state index in [1.807, 2.05) is 30.3 Å². The van der Waals surface area contributed by atoms with Crippen molar-refractivity contribution in [2.45, 2.75) is 23.1 Å². The highest BCUT2D eigenvalue weighted by atomic mass is 35.5. The Morgan fingerprint density at radius 1 is 1.16 bits per heavy atom. The van der Waals surface area contributed by atoms with Crippen LogP contribution in [-0.4, -0.2) is 36.8 Å². The highest BCUT2D eigenvalue weighted by Gasteiger charge is 2.30. The lowest BCUT2D eigenvalue weighted by Crippen LogP contribution is -2.45. The van der Waals surface area contributed by atoms with Crippen LogP contribution in [0.1, 0.15) is 12.5 Å². The van der Waals surface area contributed by atoms with Gasteiger partial charge in [0, 0.05) is 5.75 Å². The summed E-state index contributed by atoms with van der Waals surface area (Å²) >= 11 is 14.7. The Hall–Kier alpha value is -1.85. The zero-order chi connectivity index (χ0) is 22.6. The molecule has 1 N–H and O–H groups in total. The van der Waals surface area contributed by atoms with Gasteiger partial charge in [-0.15, -0.1) is 10.2 Å². The first kappa shape index (κ1) is 23.8. The predicted molar refractivity (Wildman–Crippen MR) is 128 cm³/mol. The SMILES string of the molecule is C[C@H](C(=O)Nc1nnc(SCc2ccccc2)s1)N(c1ccc(Cl)c(Cl)c1)S(C)(=O)=O. The number of hydrogen-bond donors (Lipinski definition) is 1. The lowest BCUT2D eigenvalue weighted by Gasteiger charge is -2.28. The zero-order valence-electron chi connectivity index (χ0n) is 16.5. The fourth-order valence-electron chi connectivity index (χ4n) is 2.68. The maximum Gasteiger partial charge on any atom is 0.249 e. The summed E-state index contributed by atoms with van der Waals surface area (Å²) in [7, 11) is -3.78. The second-order valence-corrected chi connectivity index (χ2v) is 11.3. The van der Waals surface area contributed by atoms with Crippen molar-refractivity contribution in [3.63, 3.8) is 0 Å². The minimum Gasteiger partial charge on any atom is -0.299 e. The summed E-state index contributed by atoms with van der Waals surface area (Å²) in [4.78, 5) is 12.8. The monoisotopic (exact) mass is 516 g/mol. The van der Waals surface area contributed by atoms with Crippen LogP contribution in [0.4, 0.5) is 10.8 Å². The Bertz CT molecular complexity index is 1170. The number of nitrogens with zero attached hydrogens (tertiary/aromatic N) is 3. The van der Waals surface area contributed by atoms with E-state index in [1.54, 1.807) is 0 Å². The van der Waals surface area contributed by atoms with Crippen LogP contribution in [0.5, 0.6) is 0 Å². The predicted octanol–water partition coefficient (Wildman–Crippen LogP) is 4.93. The number of halogens is 2. The normalized spacial score (nSPS) is 12.4. The molecule has 0 unspecified atom stereocenters. The van der Waals surface area contributed by atoms with Gasteiger partial charge in [-0.2, -0.15) is 0 Å². The molecule has 1 heterocycles. The molecule has 1 aromatic heterocycles. The number of nitrogens with one attached hydrogen (secondary N) is 1. The summed E-state index contributed by atoms with van der Waals surface area (Å²) in [5.41, 5.74) is 1.38. The average molecular weight is 517 g/mol. The summed E-state index contributed by atoms with van der Waals surface area (Å²) in [6, 6.07) is 13.2. The van der Waals surface area contributed by atoms with Gasteiger partial charge in [-0.1, -0.05) is 76.6 Å². The quantitative estimate of drug-likeness (QED) is 0.337. The van der Waals surface area contributed by atoms with E-state index in [-0.39, 0.29) is 20.9 Å². The van der Waals surface area contributed by atoms with Crippen molar-refractivity contribution in [1.82, 2.24) is 10.2 Å². The molecule has 1 atom stereocenters. The van der Waals surface area contributed by atoms with Crippen LogP contribution >= 0.6 is 46.3 Å². The van der Waals surface area contributed by atoms with Crippen LogP contribution < -0.4 is 9.62 Å². The van der Waals surface area contributed by atoms with E-state index in [0.29, 0.717) is 4.34 Å². The molecular formula is C19H18Cl2N4O3S3. The molecule has 1 amide bonds. The molecule has 3 aromatic rings. The van der Waals surface area contributed by atoms with Gasteiger partial charge in [-0.25, -0.2) is 8.42 Å². The smallest absolute Gasteiger partial charge is 0.249 e. The van der Waals surface area contributed by atoms with E-state index in [4.69, 9.17) is 23.2 Å². The molecule has 12 heteroatoms. The highest BCUT2D eigenvalue weighted by Crippen LogP contribution is 2.31. The number of anilines is 2. The third-order valence-corrected chi connectivity index (χ3v) is 8.11. The third-order valence-electron chi connectivity index (χ3n) is 4.09. The van der Waals surface area contributed by atoms with Crippen molar-refractivity contribution in [1.29, 1.82) is 0 Å². The molecule has 164 valence electrons. The van der Waals surface area contributed by atoms with Crippen LogP contribution in [0.25, 0.3) is 0 Å². The third kappa shape index (κ3) is 6.33. The molecule has 0 aliphatic heterocycles. The second-order valence-electron chi connectivity index (χ2n) is 6.47. The van der Waals surface area contributed by atoms with E-state index in [9.17, 15) is 13.2 Å². The first-order valence-corrected chi connectivity index (χ1v) is 13.3. The van der Waals surface area contributed by atoms with Crippen molar-refractivity contribution >= 4 is 73.0 Å². The van der Waals surface area contributed by atoms with Gasteiger partial charge in [0.2, 0.25) is 21.1 Å². The van der Waals surface area contributed by atoms with Crippen LogP contribution in [0.15, 0.2) is 52.9 Å². The van der Waals surface area contributed by atoms with Gasteiger partial charge in [0.25, 0.3) is 0 Å². The Morgan fingerprint density at radius 3 is 2.52 bits per heavy atom. The minimum absolute atomic E-state index is 0.185. The van der Waals surface area contributed by atoms with Crippen LogP contribution in [0, 0.1) is 0 Å². The maximum absolute atomic E-state index is 12.8. The number of benzene rings is 2. The van der Waals surface area contributed by atoms with Crippen molar-refractivity contribution < 1.29 is 13.2 Å². The van der Waals surface area contributed by atoms with E-state index in [1.165, 1.54) is 48.2 Å². The number of sulfonamides is 1. The highest BCUT2D eigenvalue weighted by molar-refractivity contribution is 8.00. The molecule has 2 aromatic carbocycles. The fraction of sp³-hybridized carbons (Fsp3) is 0.211. The van der Waals surface area contributed by atoms with Crippen LogP contribution in [-0.2, 0) is 20.6 Å². The van der Waals surface area contributed by atoms with Gasteiger partial charge in [-0.3, -0.25) is 14.4 Å². The second kappa shape index (κ2) is 10.2. The van der Waals surface area contributed by atoms with E-state index < -0.39 is 22.0 Å². The molecule has 0 saturated carbocycles. The Kier molecular flexibility index (Phi) is 7.82. The fourth-order valence-corrected chi connectivity index (χ4v) is 5.85. The summed E-state index contributed by atoms with van der Waals surface area (Å²) in [6.07, 6.45) is 1.02. The van der Waals surface area contributed by atoms with Crippen molar-refractivity contribution in [3.05, 3.63) is 64.1 Å². The number of carbonyl (C=O) groups excluding carboxylic acids is 1. The molecule has 0 saturated heterocycles. The topological polar surface area (TPSA) is 92.3 Å². The van der Waals surface area contributed by atoms with Crippen molar-refractivity contribution in [2.24, 2.45) is 0 Å². The van der Waals surface area contributed by atoms with Crippen molar-refractivity contribution in [3.8, 4) is 0 Å². The number of amides is 1. The first-order chi connectivity index (χ1) is 14.6. The summed E-state index contributed by atoms with van der Waals surface area (Å²) in [5.74, 6) is 0.172. The summed E-state index contributed by atoms with van der Waals surface area (Å²) in [5, 5.41) is 11.4. The van der Waals surface area contributed by atoms with Gasteiger partial charge in [-0.05, 0) is 30.7 Å². The molecule has 0 fully saturated rings. The Labute approximate surface area is 198 Å². The number of aromatic nitrogens is 2. The standard InChI is InChI=1S/C19H18Cl2N4O3S3/c1-12(25(31(2,27)28)14-8-9-15(20)16(21)10-14)17(26)22-18-23-24-19(30-18)29-11-13-6-4-3-5-7-13/h3-10,12H,11H2,1-2H3,(H,22,23,26)/t12-/m1/s1. The number of thioether (sulfide) groups is 1.